The average molecular weight is 453 g/mol. The Balaban J connectivity index is 1.86. The van der Waals surface area contributed by atoms with E-state index in [1.54, 1.807) is 56.9 Å². The van der Waals surface area contributed by atoms with Gasteiger partial charge in [-0.15, -0.1) is 0 Å². The van der Waals surface area contributed by atoms with Crippen LogP contribution in [-0.4, -0.2) is 28.7 Å². The standard InChI is InChI=1S/C25H28N2O4Si/c1-5-25(30)19-12-21-22-17(13-27(21)23(28)18(19)14-31-24(25)29)15(10-11-32(2,3)4)16-8-6-7-9-20(16)26-22/h6-9,12,30H,5,10-11,13-14H2,1-4H3/t25-/m0/s1/i10D2,11D2. The topological polar surface area (TPSA) is 81.4 Å². The van der Waals surface area contributed by atoms with E-state index in [0.717, 1.165) is 0 Å². The molecule has 0 fully saturated rings. The lowest BCUT2D eigenvalue weighted by Gasteiger charge is -2.31. The van der Waals surface area contributed by atoms with Crippen molar-refractivity contribution in [3.8, 4) is 11.4 Å². The number of nitrogens with zero attached hydrogens (tertiary/aromatic N) is 2. The van der Waals surface area contributed by atoms with E-state index >= 15 is 0 Å². The number of ether oxygens (including phenoxy) is 1. The molecular formula is C25H28N2O4Si. The van der Waals surface area contributed by atoms with E-state index < -0.39 is 37.6 Å². The van der Waals surface area contributed by atoms with Gasteiger partial charge in [-0.2, -0.15) is 0 Å². The highest BCUT2D eigenvalue weighted by molar-refractivity contribution is 6.76. The number of hydrogen-bond donors (Lipinski definition) is 1. The fourth-order valence-corrected chi connectivity index (χ4v) is 4.92. The summed E-state index contributed by atoms with van der Waals surface area (Å²) in [5.41, 5.74) is -0.210. The third-order valence-electron chi connectivity index (χ3n) is 6.16. The first-order chi connectivity index (χ1) is 16.7. The first kappa shape index (κ1) is 16.8. The number of hydrogen-bond acceptors (Lipinski definition) is 5. The number of carbonyl (C=O) groups is 1. The highest BCUT2D eigenvalue weighted by atomic mass is 28.3. The predicted molar refractivity (Wildman–Crippen MR) is 126 cm³/mol. The van der Waals surface area contributed by atoms with Gasteiger partial charge in [-0.3, -0.25) is 4.79 Å². The summed E-state index contributed by atoms with van der Waals surface area (Å²) >= 11 is 0. The van der Waals surface area contributed by atoms with E-state index in [1.807, 2.05) is 0 Å². The van der Waals surface area contributed by atoms with Crippen molar-refractivity contribution in [3.63, 3.8) is 0 Å². The van der Waals surface area contributed by atoms with Crippen molar-refractivity contribution < 1.29 is 20.1 Å². The van der Waals surface area contributed by atoms with E-state index in [9.17, 15) is 14.7 Å². The Hall–Kier alpha value is -2.77. The van der Waals surface area contributed by atoms with Gasteiger partial charge in [0.05, 0.1) is 29.0 Å². The first-order valence-electron chi connectivity index (χ1n) is 12.8. The van der Waals surface area contributed by atoms with Crippen LogP contribution in [0.5, 0.6) is 0 Å². The SMILES string of the molecule is [2H]C([2H])(c1c2c(nc3ccccc13)-c1cc3c(c(=O)n1C2)COC(=O)[C@]3(O)CC)C([2H])([2H])[Si](C)(C)C. The summed E-state index contributed by atoms with van der Waals surface area (Å²) in [7, 11) is -2.68. The summed E-state index contributed by atoms with van der Waals surface area (Å²) in [6.07, 6.45) is -2.36. The van der Waals surface area contributed by atoms with Gasteiger partial charge in [0.15, 0.2) is 5.60 Å². The van der Waals surface area contributed by atoms with Gasteiger partial charge in [0.25, 0.3) is 5.56 Å². The summed E-state index contributed by atoms with van der Waals surface area (Å²) in [5, 5.41) is 11.6. The quantitative estimate of drug-likeness (QED) is 0.374. The molecule has 2 aliphatic rings. The average Bonchev–Trinajstić information content (AvgIpc) is 3.17. The van der Waals surface area contributed by atoms with Crippen LogP contribution in [0.4, 0.5) is 0 Å². The Morgan fingerprint density at radius 1 is 1.25 bits per heavy atom. The molecule has 32 heavy (non-hydrogen) atoms. The molecule has 0 aliphatic carbocycles. The molecule has 0 bridgehead atoms. The number of aryl methyl sites for hydroxylation is 1. The van der Waals surface area contributed by atoms with Crippen LogP contribution in [0.2, 0.25) is 25.6 Å². The number of rotatable bonds is 4. The summed E-state index contributed by atoms with van der Waals surface area (Å²) < 4.78 is 42.6. The van der Waals surface area contributed by atoms with Crippen molar-refractivity contribution in [2.45, 2.75) is 64.1 Å². The molecule has 5 rings (SSSR count). The molecule has 166 valence electrons. The van der Waals surface area contributed by atoms with Crippen molar-refractivity contribution in [2.75, 3.05) is 0 Å². The molecule has 2 aliphatic heterocycles. The highest BCUT2D eigenvalue weighted by Crippen LogP contribution is 2.40. The smallest absolute Gasteiger partial charge is 0.343 e. The van der Waals surface area contributed by atoms with Crippen LogP contribution in [0.15, 0.2) is 35.1 Å². The molecule has 0 unspecified atom stereocenters. The van der Waals surface area contributed by atoms with Gasteiger partial charge in [-0.1, -0.05) is 50.8 Å². The van der Waals surface area contributed by atoms with E-state index in [4.69, 9.17) is 15.2 Å². The van der Waals surface area contributed by atoms with Crippen LogP contribution < -0.4 is 5.56 Å². The molecule has 3 aromatic rings. The molecule has 0 radical (unpaired) electrons. The van der Waals surface area contributed by atoms with Crippen LogP contribution >= 0.6 is 0 Å². The molecule has 1 aromatic carbocycles. The molecule has 2 aromatic heterocycles. The minimum absolute atomic E-state index is 0.00371. The number of carbonyl (C=O) groups excluding carboxylic acids is 1. The molecule has 4 heterocycles. The summed E-state index contributed by atoms with van der Waals surface area (Å²) in [5.74, 6) is -2.95. The second kappa shape index (κ2) is 7.12. The van der Waals surface area contributed by atoms with Gasteiger partial charge in [0.2, 0.25) is 0 Å². The molecule has 6 nitrogen and oxygen atoms in total. The Morgan fingerprint density at radius 2 is 2.00 bits per heavy atom. The van der Waals surface area contributed by atoms with Crippen LogP contribution in [0.1, 0.15) is 41.1 Å². The van der Waals surface area contributed by atoms with Crippen molar-refractivity contribution >= 4 is 24.9 Å². The van der Waals surface area contributed by atoms with Gasteiger partial charge in [-0.25, -0.2) is 9.78 Å². The third kappa shape index (κ3) is 3.06. The van der Waals surface area contributed by atoms with Crippen molar-refractivity contribution in [2.24, 2.45) is 0 Å². The maximum Gasteiger partial charge on any atom is 0.343 e. The number of cyclic esters (lactones) is 1. The Bertz CT molecular complexity index is 1510. The highest BCUT2D eigenvalue weighted by Gasteiger charge is 2.45. The van der Waals surface area contributed by atoms with Gasteiger partial charge in [0.1, 0.15) is 6.61 Å². The van der Waals surface area contributed by atoms with Crippen molar-refractivity contribution in [3.05, 3.63) is 62.9 Å². The zero-order valence-corrected chi connectivity index (χ0v) is 19.6. The first-order valence-corrected chi connectivity index (χ1v) is 14.3. The molecular weight excluding hydrogens is 420 g/mol. The van der Waals surface area contributed by atoms with Gasteiger partial charge >= 0.3 is 5.97 Å². The summed E-state index contributed by atoms with van der Waals surface area (Å²) in [6, 6.07) is 8.58. The monoisotopic (exact) mass is 452 g/mol. The Morgan fingerprint density at radius 3 is 2.72 bits per heavy atom. The summed E-state index contributed by atoms with van der Waals surface area (Å²) in [6.45, 7) is 6.77. The molecule has 7 heteroatoms. The fraction of sp³-hybridized carbons (Fsp3) is 0.400. The lowest BCUT2D eigenvalue weighted by molar-refractivity contribution is -0.172. The number of benzene rings is 1. The number of fused-ring (bicyclic) bond motifs is 5. The lowest BCUT2D eigenvalue weighted by atomic mass is 9.86. The lowest BCUT2D eigenvalue weighted by Crippen LogP contribution is -2.44. The third-order valence-corrected chi connectivity index (χ3v) is 7.03. The summed E-state index contributed by atoms with van der Waals surface area (Å²) in [4.78, 5) is 30.8. The van der Waals surface area contributed by atoms with Gasteiger partial charge < -0.3 is 14.4 Å². The number of pyridine rings is 2. The van der Waals surface area contributed by atoms with Gasteiger partial charge in [0, 0.05) is 30.1 Å². The Kier molecular flexibility index (Phi) is 3.74. The number of para-hydroxylation sites is 1. The second-order valence-electron chi connectivity index (χ2n) is 9.43. The molecule has 1 N–H and O–H groups in total. The van der Waals surface area contributed by atoms with E-state index in [-0.39, 0.29) is 36.3 Å². The zero-order valence-electron chi connectivity index (χ0n) is 22.6. The minimum atomic E-state index is -2.68. The number of aromatic nitrogens is 2. The van der Waals surface area contributed by atoms with Crippen LogP contribution in [0, 0.1) is 0 Å². The fourth-order valence-electron chi connectivity index (χ4n) is 4.42. The molecule has 0 saturated heterocycles. The van der Waals surface area contributed by atoms with E-state index in [1.165, 1.54) is 4.57 Å². The number of esters is 1. The largest absolute Gasteiger partial charge is 0.458 e. The molecule has 0 spiro atoms. The number of aliphatic hydroxyl groups is 1. The van der Waals surface area contributed by atoms with Crippen LogP contribution in [-0.2, 0) is 34.7 Å². The predicted octanol–water partition coefficient (Wildman–Crippen LogP) is 3.96. The van der Waals surface area contributed by atoms with E-state index in [2.05, 4.69) is 0 Å². The minimum Gasteiger partial charge on any atom is -0.458 e. The molecule has 0 saturated carbocycles. The maximum atomic E-state index is 13.6. The Labute approximate surface area is 193 Å². The van der Waals surface area contributed by atoms with E-state index in [0.29, 0.717) is 27.9 Å². The zero-order chi connectivity index (χ0) is 26.4. The van der Waals surface area contributed by atoms with Crippen molar-refractivity contribution in [1.29, 1.82) is 0 Å². The molecule has 1 atom stereocenters. The van der Waals surface area contributed by atoms with Crippen LogP contribution in [0.25, 0.3) is 22.3 Å². The second-order valence-corrected chi connectivity index (χ2v) is 14.2. The molecule has 0 amide bonds. The van der Waals surface area contributed by atoms with Crippen LogP contribution in [0.3, 0.4) is 0 Å². The maximum absolute atomic E-state index is 13.6. The normalized spacial score (nSPS) is 22.2. The van der Waals surface area contributed by atoms with Crippen molar-refractivity contribution in [1.82, 2.24) is 9.55 Å². The van der Waals surface area contributed by atoms with Gasteiger partial charge in [-0.05, 0) is 30.5 Å².